The zero-order valence-corrected chi connectivity index (χ0v) is 30.2. The van der Waals surface area contributed by atoms with Gasteiger partial charge < -0.3 is 14.2 Å². The third-order valence-electron chi connectivity index (χ3n) is 8.58. The summed E-state index contributed by atoms with van der Waals surface area (Å²) in [5, 5.41) is 0. The second-order valence-corrected chi connectivity index (χ2v) is 13.2. The van der Waals surface area contributed by atoms with Crippen LogP contribution in [0, 0.1) is 0 Å². The first kappa shape index (κ1) is 43.4. The van der Waals surface area contributed by atoms with Crippen LogP contribution in [0.1, 0.15) is 213 Å². The number of hydrogen-bond acceptors (Lipinski definition) is 6. The number of esters is 3. The standard InChI is InChI=1S/C39H74O6/c1-4-7-9-11-13-15-17-19-21-23-25-27-29-32-38(41)44-35-36(34-43-37(40)31-6-3)45-39(42)33-30-28-26-24-22-20-18-16-14-12-10-8-5-2/h36H,4-35H2,1-3H3. The Morgan fingerprint density at radius 1 is 0.356 bits per heavy atom. The lowest BCUT2D eigenvalue weighted by Gasteiger charge is -2.18. The average molecular weight is 639 g/mol. The van der Waals surface area contributed by atoms with Gasteiger partial charge in [-0.05, 0) is 19.3 Å². The van der Waals surface area contributed by atoms with Crippen LogP contribution in [0.4, 0.5) is 0 Å². The van der Waals surface area contributed by atoms with Crippen LogP contribution >= 0.6 is 0 Å². The fraction of sp³-hybridized carbons (Fsp3) is 0.923. The van der Waals surface area contributed by atoms with E-state index in [0.29, 0.717) is 25.7 Å². The van der Waals surface area contributed by atoms with Crippen molar-refractivity contribution < 1.29 is 28.6 Å². The SMILES string of the molecule is CCCCCCCCCCCCCCCC(=O)OCC(COC(=O)CCC)OC(=O)CCCCCCCCCCCCCCC. The molecule has 266 valence electrons. The maximum atomic E-state index is 12.5. The summed E-state index contributed by atoms with van der Waals surface area (Å²) >= 11 is 0. The van der Waals surface area contributed by atoms with Crippen LogP contribution in [0.25, 0.3) is 0 Å². The summed E-state index contributed by atoms with van der Waals surface area (Å²) in [4.78, 5) is 36.6. The summed E-state index contributed by atoms with van der Waals surface area (Å²) in [5.41, 5.74) is 0. The fourth-order valence-electron chi connectivity index (χ4n) is 5.66. The van der Waals surface area contributed by atoms with E-state index in [0.717, 1.165) is 38.5 Å². The van der Waals surface area contributed by atoms with Gasteiger partial charge in [0.15, 0.2) is 6.10 Å². The number of hydrogen-bond donors (Lipinski definition) is 0. The van der Waals surface area contributed by atoms with E-state index in [1.54, 1.807) is 0 Å². The number of unbranched alkanes of at least 4 members (excludes halogenated alkanes) is 24. The van der Waals surface area contributed by atoms with Gasteiger partial charge in [-0.25, -0.2) is 0 Å². The Hall–Kier alpha value is -1.59. The van der Waals surface area contributed by atoms with E-state index < -0.39 is 6.10 Å². The highest BCUT2D eigenvalue weighted by atomic mass is 16.6. The van der Waals surface area contributed by atoms with Crippen LogP contribution in [0.15, 0.2) is 0 Å². The van der Waals surface area contributed by atoms with E-state index >= 15 is 0 Å². The number of rotatable bonds is 35. The van der Waals surface area contributed by atoms with Crippen LogP contribution in [-0.2, 0) is 28.6 Å². The largest absolute Gasteiger partial charge is 0.462 e. The van der Waals surface area contributed by atoms with Gasteiger partial charge in [0.05, 0.1) is 0 Å². The van der Waals surface area contributed by atoms with Crippen molar-refractivity contribution in [3.05, 3.63) is 0 Å². The van der Waals surface area contributed by atoms with E-state index in [1.165, 1.54) is 128 Å². The molecule has 0 fully saturated rings. The highest BCUT2D eigenvalue weighted by Crippen LogP contribution is 2.15. The lowest BCUT2D eigenvalue weighted by atomic mass is 10.0. The van der Waals surface area contributed by atoms with Gasteiger partial charge in [0.1, 0.15) is 13.2 Å². The molecule has 0 saturated heterocycles. The molecule has 0 aromatic heterocycles. The van der Waals surface area contributed by atoms with Crippen LogP contribution in [0.2, 0.25) is 0 Å². The summed E-state index contributed by atoms with van der Waals surface area (Å²) in [7, 11) is 0. The number of carbonyl (C=O) groups excluding carboxylic acids is 3. The molecule has 0 aliphatic carbocycles. The molecular formula is C39H74O6. The van der Waals surface area contributed by atoms with Gasteiger partial charge in [-0.15, -0.1) is 0 Å². The molecule has 0 aromatic rings. The summed E-state index contributed by atoms with van der Waals surface area (Å²) in [6.07, 6.45) is 33.6. The van der Waals surface area contributed by atoms with Crippen molar-refractivity contribution in [2.45, 2.75) is 219 Å². The highest BCUT2D eigenvalue weighted by molar-refractivity contribution is 5.71. The minimum Gasteiger partial charge on any atom is -0.462 e. The minimum absolute atomic E-state index is 0.0684. The van der Waals surface area contributed by atoms with Crippen LogP contribution < -0.4 is 0 Å². The van der Waals surface area contributed by atoms with Gasteiger partial charge in [0.2, 0.25) is 0 Å². The molecule has 0 aliphatic rings. The molecule has 0 N–H and O–H groups in total. The van der Waals surface area contributed by atoms with Gasteiger partial charge in [0, 0.05) is 19.3 Å². The number of ether oxygens (including phenoxy) is 3. The Morgan fingerprint density at radius 3 is 0.978 bits per heavy atom. The lowest BCUT2D eigenvalue weighted by molar-refractivity contribution is -0.167. The molecule has 45 heavy (non-hydrogen) atoms. The molecule has 0 bridgehead atoms. The van der Waals surface area contributed by atoms with Gasteiger partial charge in [0.25, 0.3) is 0 Å². The molecule has 1 unspecified atom stereocenters. The summed E-state index contributed by atoms with van der Waals surface area (Å²) in [6, 6.07) is 0. The Labute approximate surface area is 278 Å². The topological polar surface area (TPSA) is 78.9 Å². The van der Waals surface area contributed by atoms with Crippen molar-refractivity contribution in [1.82, 2.24) is 0 Å². The molecule has 0 amide bonds. The molecular weight excluding hydrogens is 564 g/mol. The lowest BCUT2D eigenvalue weighted by Crippen LogP contribution is -2.30. The normalized spacial score (nSPS) is 11.8. The molecule has 0 aromatic carbocycles. The first-order valence-corrected chi connectivity index (χ1v) is 19.5. The predicted molar refractivity (Wildman–Crippen MR) is 187 cm³/mol. The van der Waals surface area contributed by atoms with Gasteiger partial charge in [-0.3, -0.25) is 14.4 Å². The highest BCUT2D eigenvalue weighted by Gasteiger charge is 2.19. The molecule has 0 saturated carbocycles. The van der Waals surface area contributed by atoms with Crippen LogP contribution in [0.3, 0.4) is 0 Å². The van der Waals surface area contributed by atoms with E-state index in [4.69, 9.17) is 14.2 Å². The van der Waals surface area contributed by atoms with Crippen LogP contribution in [0.5, 0.6) is 0 Å². The van der Waals surface area contributed by atoms with Gasteiger partial charge in [-0.1, -0.05) is 175 Å². The van der Waals surface area contributed by atoms with Crippen molar-refractivity contribution in [1.29, 1.82) is 0 Å². The van der Waals surface area contributed by atoms with Gasteiger partial charge >= 0.3 is 17.9 Å². The molecule has 0 rings (SSSR count). The maximum absolute atomic E-state index is 12.5. The Bertz CT molecular complexity index is 664. The second kappa shape index (κ2) is 35.3. The molecule has 6 heteroatoms. The van der Waals surface area contributed by atoms with Crippen molar-refractivity contribution in [3.8, 4) is 0 Å². The van der Waals surface area contributed by atoms with E-state index in [1.807, 2.05) is 6.92 Å². The fourth-order valence-corrected chi connectivity index (χ4v) is 5.66. The van der Waals surface area contributed by atoms with E-state index in [9.17, 15) is 14.4 Å². The average Bonchev–Trinajstić information content (AvgIpc) is 3.03. The maximum Gasteiger partial charge on any atom is 0.306 e. The number of carbonyl (C=O) groups is 3. The van der Waals surface area contributed by atoms with E-state index in [2.05, 4.69) is 13.8 Å². The molecule has 0 spiro atoms. The van der Waals surface area contributed by atoms with Crippen molar-refractivity contribution in [2.24, 2.45) is 0 Å². The third-order valence-corrected chi connectivity index (χ3v) is 8.58. The van der Waals surface area contributed by atoms with E-state index in [-0.39, 0.29) is 31.1 Å². The zero-order chi connectivity index (χ0) is 33.1. The zero-order valence-electron chi connectivity index (χ0n) is 30.2. The molecule has 0 aliphatic heterocycles. The van der Waals surface area contributed by atoms with Crippen molar-refractivity contribution in [3.63, 3.8) is 0 Å². The predicted octanol–water partition coefficient (Wildman–Crippen LogP) is 11.7. The van der Waals surface area contributed by atoms with Crippen molar-refractivity contribution in [2.75, 3.05) is 13.2 Å². The monoisotopic (exact) mass is 639 g/mol. The molecule has 6 nitrogen and oxygen atoms in total. The quantitative estimate of drug-likeness (QED) is 0.0390. The summed E-state index contributed by atoms with van der Waals surface area (Å²) < 4.78 is 16.3. The first-order chi connectivity index (χ1) is 22.0. The Morgan fingerprint density at radius 2 is 0.644 bits per heavy atom. The summed E-state index contributed by atoms with van der Waals surface area (Å²) in [6.45, 7) is 6.28. The van der Waals surface area contributed by atoms with Gasteiger partial charge in [-0.2, -0.15) is 0 Å². The first-order valence-electron chi connectivity index (χ1n) is 19.5. The van der Waals surface area contributed by atoms with Crippen molar-refractivity contribution >= 4 is 17.9 Å². The second-order valence-electron chi connectivity index (χ2n) is 13.2. The molecule has 1 atom stereocenters. The third kappa shape index (κ3) is 33.6. The Kier molecular flexibility index (Phi) is 34.0. The minimum atomic E-state index is -0.754. The Balaban J connectivity index is 4.00. The summed E-state index contributed by atoms with van der Waals surface area (Å²) in [5.74, 6) is -0.925. The molecule has 0 heterocycles. The smallest absolute Gasteiger partial charge is 0.306 e. The molecule has 0 radical (unpaired) electrons. The van der Waals surface area contributed by atoms with Crippen LogP contribution in [-0.4, -0.2) is 37.2 Å².